The highest BCUT2D eigenvalue weighted by molar-refractivity contribution is 5.82. The molecular weight excluding hydrogens is 234 g/mol. The van der Waals surface area contributed by atoms with Crippen molar-refractivity contribution in [2.45, 2.75) is 38.3 Å². The standard InChI is InChI=1S/C12H23N3O3/c1-4-10(11(16)17)13-12(18)15(3)8-9-6-5-7-14(9)2/h9-10H,4-8H2,1-3H3,(H,13,18)(H,16,17)/t9?,10-/m0/s1. The van der Waals surface area contributed by atoms with Gasteiger partial charge in [-0.3, -0.25) is 0 Å². The number of nitrogens with zero attached hydrogens (tertiary/aromatic N) is 2. The van der Waals surface area contributed by atoms with Crippen LogP contribution in [0.25, 0.3) is 0 Å². The van der Waals surface area contributed by atoms with E-state index in [1.165, 1.54) is 0 Å². The van der Waals surface area contributed by atoms with E-state index in [4.69, 9.17) is 5.11 Å². The molecule has 0 aromatic carbocycles. The topological polar surface area (TPSA) is 72.9 Å². The van der Waals surface area contributed by atoms with Crippen LogP contribution in [0.3, 0.4) is 0 Å². The molecule has 0 saturated carbocycles. The number of amides is 2. The predicted molar refractivity (Wildman–Crippen MR) is 68.5 cm³/mol. The van der Waals surface area contributed by atoms with Gasteiger partial charge in [0.05, 0.1) is 0 Å². The number of nitrogens with one attached hydrogen (secondary N) is 1. The van der Waals surface area contributed by atoms with Crippen LogP contribution in [-0.4, -0.2) is 66.2 Å². The first-order valence-electron chi connectivity index (χ1n) is 6.40. The van der Waals surface area contributed by atoms with Crippen LogP contribution >= 0.6 is 0 Å². The number of rotatable bonds is 5. The summed E-state index contributed by atoms with van der Waals surface area (Å²) in [6.07, 6.45) is 2.63. The number of hydrogen-bond acceptors (Lipinski definition) is 3. The second-order valence-electron chi connectivity index (χ2n) is 4.91. The lowest BCUT2D eigenvalue weighted by molar-refractivity contribution is -0.139. The van der Waals surface area contributed by atoms with Crippen LogP contribution in [0.5, 0.6) is 0 Å². The molecule has 2 atom stereocenters. The average Bonchev–Trinajstić information content (AvgIpc) is 2.71. The Labute approximate surface area is 108 Å². The van der Waals surface area contributed by atoms with Crippen LogP contribution in [0.1, 0.15) is 26.2 Å². The van der Waals surface area contributed by atoms with Crippen molar-refractivity contribution in [2.75, 3.05) is 27.2 Å². The minimum atomic E-state index is -0.989. The molecule has 0 aliphatic carbocycles. The van der Waals surface area contributed by atoms with Gasteiger partial charge in [0, 0.05) is 19.6 Å². The van der Waals surface area contributed by atoms with Gasteiger partial charge in [0.1, 0.15) is 6.04 Å². The van der Waals surface area contributed by atoms with E-state index in [1.807, 2.05) is 0 Å². The molecule has 1 fully saturated rings. The number of carboxylic acids is 1. The number of likely N-dealkylation sites (N-methyl/N-ethyl adjacent to an activating group) is 2. The molecule has 104 valence electrons. The van der Waals surface area contributed by atoms with Gasteiger partial charge in [-0.1, -0.05) is 6.92 Å². The number of carbonyl (C=O) groups excluding carboxylic acids is 1. The second-order valence-corrected chi connectivity index (χ2v) is 4.91. The number of aliphatic carboxylic acids is 1. The fourth-order valence-corrected chi connectivity index (χ4v) is 2.21. The Kier molecular flexibility index (Phi) is 5.40. The minimum absolute atomic E-state index is 0.315. The molecule has 1 heterocycles. The van der Waals surface area contributed by atoms with Crippen LogP contribution in [0, 0.1) is 0 Å². The molecule has 0 aromatic heterocycles. The normalized spacial score (nSPS) is 21.6. The maximum absolute atomic E-state index is 11.8. The summed E-state index contributed by atoms with van der Waals surface area (Å²) in [6.45, 7) is 3.44. The van der Waals surface area contributed by atoms with Crippen molar-refractivity contribution < 1.29 is 14.7 Å². The van der Waals surface area contributed by atoms with Crippen molar-refractivity contribution in [1.29, 1.82) is 0 Å². The van der Waals surface area contributed by atoms with Crippen LogP contribution in [0.4, 0.5) is 4.79 Å². The SMILES string of the molecule is CC[C@H](NC(=O)N(C)CC1CCCN1C)C(=O)O. The van der Waals surface area contributed by atoms with Gasteiger partial charge in [-0.15, -0.1) is 0 Å². The number of carboxylic acid groups (broad SMARTS) is 1. The average molecular weight is 257 g/mol. The lowest BCUT2D eigenvalue weighted by Gasteiger charge is -2.27. The van der Waals surface area contributed by atoms with E-state index < -0.39 is 12.0 Å². The highest BCUT2D eigenvalue weighted by atomic mass is 16.4. The van der Waals surface area contributed by atoms with Crippen molar-refractivity contribution in [3.05, 3.63) is 0 Å². The van der Waals surface area contributed by atoms with Crippen molar-refractivity contribution in [2.24, 2.45) is 0 Å². The Bertz CT molecular complexity index is 309. The zero-order valence-corrected chi connectivity index (χ0v) is 11.3. The summed E-state index contributed by atoms with van der Waals surface area (Å²) in [4.78, 5) is 26.5. The Morgan fingerprint density at radius 3 is 2.67 bits per heavy atom. The summed E-state index contributed by atoms with van der Waals surface area (Å²) in [6, 6.07) is -0.739. The second kappa shape index (κ2) is 6.58. The Morgan fingerprint density at radius 1 is 1.56 bits per heavy atom. The molecule has 1 rings (SSSR count). The fourth-order valence-electron chi connectivity index (χ4n) is 2.21. The van der Waals surface area contributed by atoms with E-state index in [9.17, 15) is 9.59 Å². The quantitative estimate of drug-likeness (QED) is 0.756. The first kappa shape index (κ1) is 14.8. The van der Waals surface area contributed by atoms with Crippen molar-refractivity contribution >= 4 is 12.0 Å². The van der Waals surface area contributed by atoms with Crippen molar-refractivity contribution in [3.8, 4) is 0 Å². The van der Waals surface area contributed by atoms with Gasteiger partial charge < -0.3 is 20.2 Å². The fraction of sp³-hybridized carbons (Fsp3) is 0.833. The molecule has 1 unspecified atom stereocenters. The molecule has 18 heavy (non-hydrogen) atoms. The van der Waals surface area contributed by atoms with E-state index in [0.29, 0.717) is 19.0 Å². The van der Waals surface area contributed by atoms with Gasteiger partial charge in [-0.05, 0) is 32.9 Å². The first-order valence-corrected chi connectivity index (χ1v) is 6.40. The molecular formula is C12H23N3O3. The zero-order valence-electron chi connectivity index (χ0n) is 11.3. The monoisotopic (exact) mass is 257 g/mol. The minimum Gasteiger partial charge on any atom is -0.480 e. The summed E-state index contributed by atoms with van der Waals surface area (Å²) in [7, 11) is 3.76. The maximum Gasteiger partial charge on any atom is 0.326 e. The molecule has 0 bridgehead atoms. The van der Waals surface area contributed by atoms with Crippen molar-refractivity contribution in [3.63, 3.8) is 0 Å². The zero-order chi connectivity index (χ0) is 13.7. The number of likely N-dealkylation sites (tertiary alicyclic amines) is 1. The van der Waals surface area contributed by atoms with Crippen LogP contribution in [0.2, 0.25) is 0 Å². The molecule has 6 heteroatoms. The molecule has 1 aliphatic rings. The van der Waals surface area contributed by atoms with E-state index >= 15 is 0 Å². The number of hydrogen-bond donors (Lipinski definition) is 2. The van der Waals surface area contributed by atoms with E-state index in [0.717, 1.165) is 19.4 Å². The molecule has 0 spiro atoms. The van der Waals surface area contributed by atoms with E-state index in [1.54, 1.807) is 18.9 Å². The Morgan fingerprint density at radius 2 is 2.22 bits per heavy atom. The summed E-state index contributed by atoms with van der Waals surface area (Å²) in [5.74, 6) is -0.989. The number of urea groups is 1. The van der Waals surface area contributed by atoms with Gasteiger partial charge in [-0.25, -0.2) is 9.59 Å². The van der Waals surface area contributed by atoms with Crippen molar-refractivity contribution in [1.82, 2.24) is 15.1 Å². The third-order valence-corrected chi connectivity index (χ3v) is 3.51. The molecule has 2 N–H and O–H groups in total. The molecule has 1 aliphatic heterocycles. The van der Waals surface area contributed by atoms with Crippen LogP contribution in [-0.2, 0) is 4.79 Å². The van der Waals surface area contributed by atoms with Gasteiger partial charge >= 0.3 is 12.0 Å². The van der Waals surface area contributed by atoms with Gasteiger partial charge in [-0.2, -0.15) is 0 Å². The summed E-state index contributed by atoms with van der Waals surface area (Å²) in [5.41, 5.74) is 0. The van der Waals surface area contributed by atoms with Crippen LogP contribution < -0.4 is 5.32 Å². The Balaban J connectivity index is 2.43. The molecule has 0 aromatic rings. The molecule has 6 nitrogen and oxygen atoms in total. The summed E-state index contributed by atoms with van der Waals surface area (Å²) < 4.78 is 0. The maximum atomic E-state index is 11.8. The third kappa shape index (κ3) is 3.87. The third-order valence-electron chi connectivity index (χ3n) is 3.51. The van der Waals surface area contributed by atoms with Gasteiger partial charge in [0.2, 0.25) is 0 Å². The smallest absolute Gasteiger partial charge is 0.326 e. The highest BCUT2D eigenvalue weighted by Gasteiger charge is 2.25. The lowest BCUT2D eigenvalue weighted by atomic mass is 10.2. The lowest BCUT2D eigenvalue weighted by Crippen LogP contribution is -2.49. The van der Waals surface area contributed by atoms with Gasteiger partial charge in [0.15, 0.2) is 0 Å². The van der Waals surface area contributed by atoms with E-state index in [2.05, 4.69) is 17.3 Å². The van der Waals surface area contributed by atoms with Crippen LogP contribution in [0.15, 0.2) is 0 Å². The van der Waals surface area contributed by atoms with E-state index in [-0.39, 0.29) is 6.03 Å². The molecule has 0 radical (unpaired) electrons. The summed E-state index contributed by atoms with van der Waals surface area (Å²) >= 11 is 0. The predicted octanol–water partition coefficient (Wildman–Crippen LogP) is 0.585. The largest absolute Gasteiger partial charge is 0.480 e. The molecule has 2 amide bonds. The first-order chi connectivity index (χ1) is 8.45. The summed E-state index contributed by atoms with van der Waals surface area (Å²) in [5, 5.41) is 11.4. The number of carbonyl (C=O) groups is 2. The van der Waals surface area contributed by atoms with Gasteiger partial charge in [0.25, 0.3) is 0 Å². The Hall–Kier alpha value is -1.30. The molecule has 1 saturated heterocycles. The highest BCUT2D eigenvalue weighted by Crippen LogP contribution is 2.15.